The fourth-order valence-corrected chi connectivity index (χ4v) is 3.42. The molecule has 144 valence electrons. The molecule has 0 radical (unpaired) electrons. The number of hydrogen-bond donors (Lipinski definition) is 2. The van der Waals surface area contributed by atoms with Gasteiger partial charge in [0.25, 0.3) is 0 Å². The third-order valence-electron chi connectivity index (χ3n) is 4.80. The van der Waals surface area contributed by atoms with Crippen LogP contribution >= 0.6 is 12.4 Å². The first-order chi connectivity index (χ1) is 13.8. The van der Waals surface area contributed by atoms with Gasteiger partial charge in [0.05, 0.1) is 41.4 Å². The van der Waals surface area contributed by atoms with E-state index >= 15 is 0 Å². The first-order valence-corrected chi connectivity index (χ1v) is 9.05. The fourth-order valence-electron chi connectivity index (χ4n) is 3.42. The Balaban J connectivity index is 0.00000205. The summed E-state index contributed by atoms with van der Waals surface area (Å²) in [6.45, 7) is 0. The molecule has 0 aliphatic rings. The second-order valence-corrected chi connectivity index (χ2v) is 6.53. The molecule has 3 aromatic carbocycles. The zero-order chi connectivity index (χ0) is 18.9. The Morgan fingerprint density at radius 3 is 2.41 bits per heavy atom. The molecule has 2 aromatic heterocycles. The van der Waals surface area contributed by atoms with E-state index in [0.717, 1.165) is 50.3 Å². The number of rotatable bonds is 4. The van der Waals surface area contributed by atoms with Gasteiger partial charge < -0.3 is 15.0 Å². The van der Waals surface area contributed by atoms with Gasteiger partial charge >= 0.3 is 0 Å². The fraction of sp³-hybridized carbons (Fsp3) is 0.0435. The minimum atomic E-state index is 0. The highest BCUT2D eigenvalue weighted by Gasteiger charge is 2.12. The Bertz CT molecular complexity index is 1270. The van der Waals surface area contributed by atoms with E-state index in [0.29, 0.717) is 0 Å². The summed E-state index contributed by atoms with van der Waals surface area (Å²) in [6, 6.07) is 24.2. The van der Waals surface area contributed by atoms with Gasteiger partial charge in [-0.3, -0.25) is 0 Å². The number of aromatic nitrogens is 3. The van der Waals surface area contributed by atoms with Crippen molar-refractivity contribution in [2.75, 3.05) is 12.4 Å². The number of imidazole rings is 1. The maximum atomic E-state index is 5.26. The molecule has 5 rings (SSSR count). The summed E-state index contributed by atoms with van der Waals surface area (Å²) in [5.74, 6) is 0.825. The van der Waals surface area contributed by atoms with Crippen LogP contribution < -0.4 is 10.1 Å². The highest BCUT2D eigenvalue weighted by atomic mass is 35.5. The molecule has 2 heterocycles. The van der Waals surface area contributed by atoms with Crippen molar-refractivity contribution in [1.29, 1.82) is 0 Å². The zero-order valence-corrected chi connectivity index (χ0v) is 16.5. The van der Waals surface area contributed by atoms with E-state index in [1.54, 1.807) is 13.4 Å². The van der Waals surface area contributed by atoms with E-state index in [9.17, 15) is 0 Å². The monoisotopic (exact) mass is 402 g/mol. The number of halogens is 1. The molecule has 6 heteroatoms. The van der Waals surface area contributed by atoms with E-state index in [2.05, 4.69) is 33.5 Å². The van der Waals surface area contributed by atoms with Gasteiger partial charge in [-0.1, -0.05) is 30.3 Å². The molecule has 5 aromatic rings. The minimum absolute atomic E-state index is 0. The van der Waals surface area contributed by atoms with E-state index in [-0.39, 0.29) is 12.4 Å². The molecule has 0 spiro atoms. The third-order valence-corrected chi connectivity index (χ3v) is 4.80. The van der Waals surface area contributed by atoms with Crippen molar-refractivity contribution in [2.45, 2.75) is 0 Å². The van der Waals surface area contributed by atoms with Crippen LogP contribution in [0.4, 0.5) is 11.4 Å². The molecule has 0 saturated heterocycles. The molecule has 0 atom stereocenters. The summed E-state index contributed by atoms with van der Waals surface area (Å²) in [4.78, 5) is 12.5. The van der Waals surface area contributed by atoms with Crippen molar-refractivity contribution in [2.24, 2.45) is 0 Å². The molecule has 0 saturated carbocycles. The van der Waals surface area contributed by atoms with Crippen molar-refractivity contribution < 1.29 is 4.74 Å². The molecule has 0 unspecified atom stereocenters. The van der Waals surface area contributed by atoms with Crippen molar-refractivity contribution in [3.8, 4) is 17.0 Å². The highest BCUT2D eigenvalue weighted by Crippen LogP contribution is 2.34. The summed E-state index contributed by atoms with van der Waals surface area (Å²) in [5, 5.41) is 4.57. The first-order valence-electron chi connectivity index (χ1n) is 9.05. The standard InChI is InChI=1S/C23H18N4O.ClH/c1-28-17-9-7-16(8-10-17)26-21-13-20(15-5-3-2-4-6-15)27-18-11-12-19-23(22(18)21)25-14-24-19;/h2-14H,1H3,(H,24,25)(H,26,27);1H. The number of ether oxygens (including phenoxy) is 1. The van der Waals surface area contributed by atoms with Crippen LogP contribution in [0.2, 0.25) is 0 Å². The van der Waals surface area contributed by atoms with Gasteiger partial charge in [0.15, 0.2) is 0 Å². The van der Waals surface area contributed by atoms with E-state index in [1.807, 2.05) is 54.6 Å². The summed E-state index contributed by atoms with van der Waals surface area (Å²) in [5.41, 5.74) is 6.75. The third kappa shape index (κ3) is 3.48. The van der Waals surface area contributed by atoms with Crippen LogP contribution in [0.5, 0.6) is 5.75 Å². The predicted molar refractivity (Wildman–Crippen MR) is 120 cm³/mol. The number of anilines is 2. The Morgan fingerprint density at radius 2 is 1.66 bits per heavy atom. The molecule has 0 aliphatic heterocycles. The number of pyridine rings is 1. The van der Waals surface area contributed by atoms with Gasteiger partial charge in [0.2, 0.25) is 0 Å². The number of nitrogens with one attached hydrogen (secondary N) is 2. The normalized spacial score (nSPS) is 10.7. The van der Waals surface area contributed by atoms with Crippen LogP contribution in [0.15, 0.2) is 79.1 Å². The largest absolute Gasteiger partial charge is 0.497 e. The Labute approximate surface area is 174 Å². The first kappa shape index (κ1) is 18.8. The second-order valence-electron chi connectivity index (χ2n) is 6.53. The number of benzene rings is 3. The lowest BCUT2D eigenvalue weighted by molar-refractivity contribution is 0.415. The lowest BCUT2D eigenvalue weighted by Crippen LogP contribution is -1.96. The molecule has 2 N–H and O–H groups in total. The maximum Gasteiger partial charge on any atom is 0.119 e. The smallest absolute Gasteiger partial charge is 0.119 e. The van der Waals surface area contributed by atoms with Crippen molar-refractivity contribution in [3.05, 3.63) is 79.1 Å². The van der Waals surface area contributed by atoms with Gasteiger partial charge in [-0.25, -0.2) is 9.97 Å². The van der Waals surface area contributed by atoms with Crippen molar-refractivity contribution in [1.82, 2.24) is 15.0 Å². The van der Waals surface area contributed by atoms with Gasteiger partial charge in [0.1, 0.15) is 5.75 Å². The molecule has 0 aliphatic carbocycles. The molecular formula is C23H19ClN4O. The molecule has 0 bridgehead atoms. The number of methoxy groups -OCH3 is 1. The van der Waals surface area contributed by atoms with Crippen LogP contribution in [-0.2, 0) is 0 Å². The number of fused-ring (bicyclic) bond motifs is 3. The molecule has 29 heavy (non-hydrogen) atoms. The minimum Gasteiger partial charge on any atom is -0.497 e. The van der Waals surface area contributed by atoms with Crippen LogP contribution in [0.3, 0.4) is 0 Å². The quantitative estimate of drug-likeness (QED) is 0.389. The van der Waals surface area contributed by atoms with Crippen LogP contribution in [0, 0.1) is 0 Å². The van der Waals surface area contributed by atoms with Crippen LogP contribution in [-0.4, -0.2) is 22.1 Å². The number of aromatic amines is 1. The lowest BCUT2D eigenvalue weighted by atomic mass is 10.1. The molecule has 0 fully saturated rings. The summed E-state index contributed by atoms with van der Waals surface area (Å²) < 4.78 is 5.26. The molecular weight excluding hydrogens is 384 g/mol. The average Bonchev–Trinajstić information content (AvgIpc) is 3.23. The SMILES string of the molecule is COc1ccc(Nc2cc(-c3ccccc3)nc3ccc4nc[nH]c4c23)cc1.Cl. The van der Waals surface area contributed by atoms with Gasteiger partial charge in [-0.05, 0) is 42.5 Å². The summed E-state index contributed by atoms with van der Waals surface area (Å²) in [6.07, 6.45) is 1.71. The number of H-pyrrole nitrogens is 1. The average molecular weight is 403 g/mol. The maximum absolute atomic E-state index is 5.26. The van der Waals surface area contributed by atoms with E-state index in [1.165, 1.54) is 0 Å². The van der Waals surface area contributed by atoms with Crippen LogP contribution in [0.1, 0.15) is 0 Å². The Morgan fingerprint density at radius 1 is 0.897 bits per heavy atom. The lowest BCUT2D eigenvalue weighted by Gasteiger charge is -2.13. The zero-order valence-electron chi connectivity index (χ0n) is 15.7. The predicted octanol–water partition coefficient (Wildman–Crippen LogP) is 5.95. The molecule has 5 nitrogen and oxygen atoms in total. The van der Waals surface area contributed by atoms with E-state index < -0.39 is 0 Å². The number of hydrogen-bond acceptors (Lipinski definition) is 4. The topological polar surface area (TPSA) is 62.8 Å². The Kier molecular flexibility index (Phi) is 5.06. The summed E-state index contributed by atoms with van der Waals surface area (Å²) >= 11 is 0. The second kappa shape index (κ2) is 7.81. The van der Waals surface area contributed by atoms with Gasteiger partial charge in [-0.15, -0.1) is 12.4 Å². The van der Waals surface area contributed by atoms with Crippen LogP contribution in [0.25, 0.3) is 33.2 Å². The van der Waals surface area contributed by atoms with Gasteiger partial charge in [0, 0.05) is 16.6 Å². The van der Waals surface area contributed by atoms with E-state index in [4.69, 9.17) is 9.72 Å². The summed E-state index contributed by atoms with van der Waals surface area (Å²) in [7, 11) is 1.67. The van der Waals surface area contributed by atoms with Crippen molar-refractivity contribution >= 4 is 45.7 Å². The highest BCUT2D eigenvalue weighted by molar-refractivity contribution is 6.10. The molecule has 0 amide bonds. The number of nitrogens with zero attached hydrogens (tertiary/aromatic N) is 2. The van der Waals surface area contributed by atoms with Gasteiger partial charge in [-0.2, -0.15) is 0 Å². The van der Waals surface area contributed by atoms with Crippen molar-refractivity contribution in [3.63, 3.8) is 0 Å². The Hall–Kier alpha value is -3.57.